The highest BCUT2D eigenvalue weighted by molar-refractivity contribution is 5.35. The molecule has 2 heterocycles. The summed E-state index contributed by atoms with van der Waals surface area (Å²) in [6, 6.07) is 1.92. The Labute approximate surface area is 82.2 Å². The molecule has 76 valence electrons. The van der Waals surface area contributed by atoms with Gasteiger partial charge in [0, 0.05) is 19.2 Å². The molecule has 1 saturated heterocycles. The molecule has 2 rings (SSSR count). The fourth-order valence-electron chi connectivity index (χ4n) is 1.65. The molecule has 1 aliphatic heterocycles. The Morgan fingerprint density at radius 2 is 2.36 bits per heavy atom. The first-order chi connectivity index (χ1) is 6.63. The van der Waals surface area contributed by atoms with E-state index in [1.807, 2.05) is 0 Å². The lowest BCUT2D eigenvalue weighted by atomic mass is 10.1. The third kappa shape index (κ3) is 1.93. The molecule has 5 heteroatoms. The fraction of sp³-hybridized carbons (Fsp3) is 0.556. The van der Waals surface area contributed by atoms with Gasteiger partial charge in [-0.1, -0.05) is 0 Å². The zero-order chi connectivity index (χ0) is 10.1. The molecule has 0 aromatic carbocycles. The summed E-state index contributed by atoms with van der Waals surface area (Å²) < 4.78 is 0. The van der Waals surface area contributed by atoms with Crippen LogP contribution >= 0.6 is 0 Å². The number of likely N-dealkylation sites (tertiary alicyclic amines) is 1. The van der Waals surface area contributed by atoms with E-state index in [0.717, 1.165) is 13.1 Å². The molecule has 0 unspecified atom stereocenters. The van der Waals surface area contributed by atoms with Crippen molar-refractivity contribution >= 4 is 5.82 Å². The zero-order valence-electron chi connectivity index (χ0n) is 8.37. The second-order valence-corrected chi connectivity index (χ2v) is 3.78. The van der Waals surface area contributed by atoms with Crippen LogP contribution in [0.5, 0.6) is 0 Å². The van der Waals surface area contributed by atoms with E-state index in [9.17, 15) is 4.79 Å². The van der Waals surface area contributed by atoms with Crippen molar-refractivity contribution in [2.45, 2.75) is 13.0 Å². The third-order valence-electron chi connectivity index (χ3n) is 2.28. The van der Waals surface area contributed by atoms with Crippen LogP contribution in [-0.2, 0) is 0 Å². The molecule has 0 amide bonds. The van der Waals surface area contributed by atoms with Crippen LogP contribution in [0.2, 0.25) is 0 Å². The first-order valence-corrected chi connectivity index (χ1v) is 4.66. The largest absolute Gasteiger partial charge is 0.365 e. The van der Waals surface area contributed by atoms with Crippen molar-refractivity contribution in [3.05, 3.63) is 22.2 Å². The van der Waals surface area contributed by atoms with E-state index in [4.69, 9.17) is 0 Å². The van der Waals surface area contributed by atoms with Crippen LogP contribution in [0.4, 0.5) is 5.82 Å². The minimum atomic E-state index is -0.104. The van der Waals surface area contributed by atoms with Gasteiger partial charge in [0.2, 0.25) is 0 Å². The Hall–Kier alpha value is -1.36. The van der Waals surface area contributed by atoms with E-state index < -0.39 is 0 Å². The highest BCUT2D eigenvalue weighted by Gasteiger charge is 2.22. The summed E-state index contributed by atoms with van der Waals surface area (Å²) in [5.74, 6) is 1.32. The monoisotopic (exact) mass is 194 g/mol. The van der Waals surface area contributed by atoms with Gasteiger partial charge in [-0.25, -0.2) is 4.98 Å². The number of nitrogens with zero attached hydrogens (tertiary/aromatic N) is 2. The maximum atomic E-state index is 11.1. The summed E-state index contributed by atoms with van der Waals surface area (Å²) in [6.07, 6.45) is 0. The molecule has 1 aromatic rings. The average Bonchev–Trinajstić information content (AvgIpc) is 1.99. The molecule has 14 heavy (non-hydrogen) atoms. The van der Waals surface area contributed by atoms with E-state index in [1.165, 1.54) is 6.07 Å². The van der Waals surface area contributed by atoms with Crippen molar-refractivity contribution in [1.29, 1.82) is 0 Å². The molecule has 0 aliphatic carbocycles. The number of aromatic amines is 1. The standard InChI is InChI=1S/C9H14N4O/c1-6-10-8(3-9(14)11-6)12-7-4-13(2)5-7/h3,7H,4-5H2,1-2H3,(H2,10,11,12,14). The van der Waals surface area contributed by atoms with Gasteiger partial charge in [0.15, 0.2) is 0 Å². The highest BCUT2D eigenvalue weighted by atomic mass is 16.1. The first kappa shape index (κ1) is 9.21. The number of nitrogens with one attached hydrogen (secondary N) is 2. The van der Waals surface area contributed by atoms with E-state index in [-0.39, 0.29) is 5.56 Å². The Kier molecular flexibility index (Phi) is 2.25. The minimum absolute atomic E-state index is 0.104. The maximum absolute atomic E-state index is 11.1. The minimum Gasteiger partial charge on any atom is -0.365 e. The zero-order valence-corrected chi connectivity index (χ0v) is 8.37. The predicted molar refractivity (Wildman–Crippen MR) is 54.5 cm³/mol. The van der Waals surface area contributed by atoms with Crippen molar-refractivity contribution in [2.24, 2.45) is 0 Å². The molecule has 5 nitrogen and oxygen atoms in total. The molecule has 1 aromatic heterocycles. The smallest absolute Gasteiger partial charge is 0.252 e. The number of hydrogen-bond donors (Lipinski definition) is 2. The van der Waals surface area contributed by atoms with E-state index in [2.05, 4.69) is 27.2 Å². The molecular weight excluding hydrogens is 180 g/mol. The lowest BCUT2D eigenvalue weighted by Crippen LogP contribution is -2.52. The lowest BCUT2D eigenvalue weighted by Gasteiger charge is -2.36. The van der Waals surface area contributed by atoms with Crippen LogP contribution in [0.15, 0.2) is 10.9 Å². The van der Waals surface area contributed by atoms with E-state index >= 15 is 0 Å². The molecule has 2 N–H and O–H groups in total. The van der Waals surface area contributed by atoms with Gasteiger partial charge < -0.3 is 15.2 Å². The van der Waals surface area contributed by atoms with Crippen LogP contribution in [0, 0.1) is 6.92 Å². The normalized spacial score (nSPS) is 17.9. The molecule has 1 aliphatic rings. The summed E-state index contributed by atoms with van der Waals surface area (Å²) >= 11 is 0. The third-order valence-corrected chi connectivity index (χ3v) is 2.28. The average molecular weight is 194 g/mol. The molecule has 0 atom stereocenters. The van der Waals surface area contributed by atoms with Gasteiger partial charge >= 0.3 is 0 Å². The second kappa shape index (κ2) is 3.42. The van der Waals surface area contributed by atoms with Crippen LogP contribution < -0.4 is 10.9 Å². The van der Waals surface area contributed by atoms with Crippen molar-refractivity contribution < 1.29 is 0 Å². The number of H-pyrrole nitrogens is 1. The van der Waals surface area contributed by atoms with Gasteiger partial charge in [-0.3, -0.25) is 4.79 Å². The Bertz CT molecular complexity index is 381. The lowest BCUT2D eigenvalue weighted by molar-refractivity contribution is 0.205. The fourth-order valence-corrected chi connectivity index (χ4v) is 1.65. The Morgan fingerprint density at radius 3 is 2.93 bits per heavy atom. The molecule has 1 fully saturated rings. The maximum Gasteiger partial charge on any atom is 0.252 e. The Balaban J connectivity index is 2.06. The number of anilines is 1. The first-order valence-electron chi connectivity index (χ1n) is 4.66. The van der Waals surface area contributed by atoms with Gasteiger partial charge in [-0.05, 0) is 14.0 Å². The van der Waals surface area contributed by atoms with Crippen molar-refractivity contribution in [2.75, 3.05) is 25.5 Å². The molecule has 0 radical (unpaired) electrons. The number of rotatable bonds is 2. The van der Waals surface area contributed by atoms with Gasteiger partial charge in [-0.2, -0.15) is 0 Å². The number of likely N-dealkylation sites (N-methyl/N-ethyl adjacent to an activating group) is 1. The van der Waals surface area contributed by atoms with Crippen molar-refractivity contribution in [3.8, 4) is 0 Å². The molecule has 0 saturated carbocycles. The number of aryl methyl sites for hydroxylation is 1. The number of hydrogen-bond acceptors (Lipinski definition) is 4. The summed E-state index contributed by atoms with van der Waals surface area (Å²) in [4.78, 5) is 20.1. The quantitative estimate of drug-likeness (QED) is 0.684. The second-order valence-electron chi connectivity index (χ2n) is 3.78. The summed E-state index contributed by atoms with van der Waals surface area (Å²) in [5, 5.41) is 3.22. The van der Waals surface area contributed by atoms with Gasteiger partial charge in [0.25, 0.3) is 5.56 Å². The molecular formula is C9H14N4O. The molecule has 0 spiro atoms. The Morgan fingerprint density at radius 1 is 1.64 bits per heavy atom. The summed E-state index contributed by atoms with van der Waals surface area (Å²) in [5.41, 5.74) is -0.104. The van der Waals surface area contributed by atoms with Crippen LogP contribution in [-0.4, -0.2) is 41.0 Å². The SMILES string of the molecule is Cc1nc(NC2CN(C)C2)cc(=O)[nH]1. The highest BCUT2D eigenvalue weighted by Crippen LogP contribution is 2.09. The van der Waals surface area contributed by atoms with E-state index in [1.54, 1.807) is 6.92 Å². The van der Waals surface area contributed by atoms with Gasteiger partial charge in [0.05, 0.1) is 6.04 Å². The summed E-state index contributed by atoms with van der Waals surface area (Å²) in [6.45, 7) is 3.79. The molecule has 0 bridgehead atoms. The topological polar surface area (TPSA) is 61.0 Å². The van der Waals surface area contributed by atoms with Gasteiger partial charge in [0.1, 0.15) is 11.6 Å². The van der Waals surface area contributed by atoms with E-state index in [0.29, 0.717) is 17.7 Å². The van der Waals surface area contributed by atoms with Crippen LogP contribution in [0.1, 0.15) is 5.82 Å². The summed E-state index contributed by atoms with van der Waals surface area (Å²) in [7, 11) is 2.06. The number of aromatic nitrogens is 2. The van der Waals surface area contributed by atoms with Crippen molar-refractivity contribution in [1.82, 2.24) is 14.9 Å². The van der Waals surface area contributed by atoms with Crippen LogP contribution in [0.25, 0.3) is 0 Å². The van der Waals surface area contributed by atoms with Crippen LogP contribution in [0.3, 0.4) is 0 Å². The predicted octanol–water partition coefficient (Wildman–Crippen LogP) is -0.196. The van der Waals surface area contributed by atoms with Gasteiger partial charge in [-0.15, -0.1) is 0 Å². The van der Waals surface area contributed by atoms with Crippen molar-refractivity contribution in [3.63, 3.8) is 0 Å².